The highest BCUT2D eigenvalue weighted by molar-refractivity contribution is 7.12. The summed E-state index contributed by atoms with van der Waals surface area (Å²) >= 11 is 1.32. The molecule has 0 aliphatic carbocycles. The maximum absolute atomic E-state index is 11.5. The molecule has 5 nitrogen and oxygen atoms in total. The highest BCUT2D eigenvalue weighted by Gasteiger charge is 2.19. The largest absolute Gasteiger partial charge is 0.394 e. The summed E-state index contributed by atoms with van der Waals surface area (Å²) in [6, 6.07) is 3.46. The fraction of sp³-hybridized carbons (Fsp3) is 0.455. The molecule has 0 atom stereocenters. The van der Waals surface area contributed by atoms with Gasteiger partial charge in [-0.05, 0) is 25.3 Å². The van der Waals surface area contributed by atoms with Crippen molar-refractivity contribution in [1.82, 2.24) is 10.6 Å². The number of amides is 2. The Morgan fingerprint density at radius 1 is 1.47 bits per heavy atom. The summed E-state index contributed by atoms with van der Waals surface area (Å²) in [6.07, 6.45) is 0. The van der Waals surface area contributed by atoms with E-state index in [2.05, 4.69) is 10.6 Å². The molecule has 1 aromatic heterocycles. The number of aliphatic hydroxyl groups excluding tert-OH is 1. The maximum atomic E-state index is 11.5. The van der Waals surface area contributed by atoms with Crippen LogP contribution in [-0.2, 0) is 4.79 Å². The summed E-state index contributed by atoms with van der Waals surface area (Å²) < 4.78 is 0. The predicted molar refractivity (Wildman–Crippen MR) is 66.0 cm³/mol. The van der Waals surface area contributed by atoms with Crippen molar-refractivity contribution in [1.29, 1.82) is 0 Å². The molecular weight excluding hydrogens is 240 g/mol. The third kappa shape index (κ3) is 4.54. The van der Waals surface area contributed by atoms with E-state index in [1.165, 1.54) is 11.3 Å². The van der Waals surface area contributed by atoms with Gasteiger partial charge < -0.3 is 15.7 Å². The molecule has 0 aromatic carbocycles. The number of aliphatic hydroxyl groups is 1. The van der Waals surface area contributed by atoms with Gasteiger partial charge in [0.05, 0.1) is 23.6 Å². The Morgan fingerprint density at radius 2 is 2.18 bits per heavy atom. The Morgan fingerprint density at radius 3 is 2.71 bits per heavy atom. The number of thiophene rings is 1. The first kappa shape index (κ1) is 13.7. The molecule has 0 saturated carbocycles. The summed E-state index contributed by atoms with van der Waals surface area (Å²) in [7, 11) is 0. The van der Waals surface area contributed by atoms with Crippen molar-refractivity contribution in [2.24, 2.45) is 0 Å². The first-order valence-electron chi connectivity index (χ1n) is 5.18. The van der Waals surface area contributed by atoms with Gasteiger partial charge in [-0.2, -0.15) is 0 Å². The molecule has 0 bridgehead atoms. The number of hydrogen-bond acceptors (Lipinski definition) is 4. The molecule has 1 aromatic rings. The summed E-state index contributed by atoms with van der Waals surface area (Å²) in [5, 5.41) is 15.9. The van der Waals surface area contributed by atoms with E-state index in [9.17, 15) is 9.59 Å². The standard InChI is InChI=1S/C11H16N2O3S/c1-11(2,7-14)13-9(15)6-12-10(16)8-4-3-5-17-8/h3-5,14H,6-7H2,1-2H3,(H,12,16)(H,13,15). The first-order valence-corrected chi connectivity index (χ1v) is 6.06. The molecule has 94 valence electrons. The zero-order chi connectivity index (χ0) is 12.9. The molecule has 2 amide bonds. The van der Waals surface area contributed by atoms with Crippen molar-refractivity contribution in [3.8, 4) is 0 Å². The quantitative estimate of drug-likeness (QED) is 0.712. The molecule has 17 heavy (non-hydrogen) atoms. The van der Waals surface area contributed by atoms with Crippen LogP contribution in [0.5, 0.6) is 0 Å². The molecular formula is C11H16N2O3S. The van der Waals surface area contributed by atoms with E-state index in [4.69, 9.17) is 5.11 Å². The maximum Gasteiger partial charge on any atom is 0.261 e. The molecule has 0 radical (unpaired) electrons. The van der Waals surface area contributed by atoms with E-state index in [1.807, 2.05) is 0 Å². The Bertz CT molecular complexity index is 387. The van der Waals surface area contributed by atoms with E-state index in [0.29, 0.717) is 4.88 Å². The Kier molecular flexibility index (Phi) is 4.65. The fourth-order valence-electron chi connectivity index (χ4n) is 1.12. The van der Waals surface area contributed by atoms with Gasteiger partial charge in [0.15, 0.2) is 0 Å². The number of hydrogen-bond donors (Lipinski definition) is 3. The number of nitrogens with one attached hydrogen (secondary N) is 2. The Balaban J connectivity index is 2.36. The molecule has 1 heterocycles. The number of carbonyl (C=O) groups excluding carboxylic acids is 2. The lowest BCUT2D eigenvalue weighted by Crippen LogP contribution is -2.49. The van der Waals surface area contributed by atoms with E-state index in [-0.39, 0.29) is 25.0 Å². The van der Waals surface area contributed by atoms with Crippen LogP contribution in [0.2, 0.25) is 0 Å². The third-order valence-corrected chi connectivity index (χ3v) is 2.90. The van der Waals surface area contributed by atoms with Gasteiger partial charge in [-0.25, -0.2) is 0 Å². The van der Waals surface area contributed by atoms with Crippen LogP contribution in [0, 0.1) is 0 Å². The Labute approximate surface area is 104 Å². The van der Waals surface area contributed by atoms with Gasteiger partial charge in [0.1, 0.15) is 0 Å². The molecule has 0 unspecified atom stereocenters. The van der Waals surface area contributed by atoms with Gasteiger partial charge in [-0.1, -0.05) is 6.07 Å². The summed E-state index contributed by atoms with van der Waals surface area (Å²) in [5.74, 6) is -0.592. The van der Waals surface area contributed by atoms with E-state index < -0.39 is 5.54 Å². The van der Waals surface area contributed by atoms with Crippen molar-refractivity contribution in [3.05, 3.63) is 22.4 Å². The monoisotopic (exact) mass is 256 g/mol. The molecule has 0 aliphatic rings. The van der Waals surface area contributed by atoms with Crippen molar-refractivity contribution >= 4 is 23.2 Å². The average molecular weight is 256 g/mol. The first-order chi connectivity index (χ1) is 7.94. The second kappa shape index (κ2) is 5.79. The summed E-state index contributed by atoms with van der Waals surface area (Å²) in [5.41, 5.74) is -0.676. The lowest BCUT2D eigenvalue weighted by molar-refractivity contribution is -0.122. The highest BCUT2D eigenvalue weighted by atomic mass is 32.1. The van der Waals surface area contributed by atoms with E-state index >= 15 is 0 Å². The van der Waals surface area contributed by atoms with Crippen LogP contribution < -0.4 is 10.6 Å². The van der Waals surface area contributed by atoms with Crippen LogP contribution in [0.15, 0.2) is 17.5 Å². The summed E-state index contributed by atoms with van der Waals surface area (Å²) in [4.78, 5) is 23.5. The van der Waals surface area contributed by atoms with Gasteiger partial charge in [0.25, 0.3) is 5.91 Å². The minimum Gasteiger partial charge on any atom is -0.394 e. The molecule has 0 fully saturated rings. The van der Waals surface area contributed by atoms with Gasteiger partial charge >= 0.3 is 0 Å². The van der Waals surface area contributed by atoms with Crippen LogP contribution in [-0.4, -0.2) is 35.6 Å². The minimum absolute atomic E-state index is 0.0971. The fourth-order valence-corrected chi connectivity index (χ4v) is 1.76. The van der Waals surface area contributed by atoms with Crippen molar-refractivity contribution in [2.75, 3.05) is 13.2 Å². The number of carbonyl (C=O) groups is 2. The average Bonchev–Trinajstić information content (AvgIpc) is 2.78. The minimum atomic E-state index is -0.676. The molecule has 0 spiro atoms. The molecule has 3 N–H and O–H groups in total. The molecule has 1 rings (SSSR count). The zero-order valence-electron chi connectivity index (χ0n) is 9.82. The van der Waals surface area contributed by atoms with Crippen molar-refractivity contribution in [2.45, 2.75) is 19.4 Å². The third-order valence-electron chi connectivity index (χ3n) is 2.03. The van der Waals surface area contributed by atoms with Crippen molar-refractivity contribution < 1.29 is 14.7 Å². The normalized spacial score (nSPS) is 11.0. The van der Waals surface area contributed by atoms with E-state index in [1.54, 1.807) is 31.4 Å². The molecule has 0 saturated heterocycles. The highest BCUT2D eigenvalue weighted by Crippen LogP contribution is 2.07. The molecule has 0 aliphatic heterocycles. The topological polar surface area (TPSA) is 78.4 Å². The second-order valence-electron chi connectivity index (χ2n) is 4.25. The van der Waals surface area contributed by atoms with Crippen LogP contribution >= 0.6 is 11.3 Å². The van der Waals surface area contributed by atoms with Crippen LogP contribution in [0.4, 0.5) is 0 Å². The predicted octanol–water partition coefficient (Wildman–Crippen LogP) is 0.365. The lowest BCUT2D eigenvalue weighted by atomic mass is 10.1. The SMILES string of the molecule is CC(C)(CO)NC(=O)CNC(=O)c1cccs1. The lowest BCUT2D eigenvalue weighted by Gasteiger charge is -2.23. The zero-order valence-corrected chi connectivity index (χ0v) is 10.6. The Hall–Kier alpha value is -1.40. The summed E-state index contributed by atoms with van der Waals surface area (Å²) in [6.45, 7) is 3.15. The second-order valence-corrected chi connectivity index (χ2v) is 5.20. The van der Waals surface area contributed by atoms with Crippen LogP contribution in [0.25, 0.3) is 0 Å². The molecule has 6 heteroatoms. The van der Waals surface area contributed by atoms with Gasteiger partial charge in [0, 0.05) is 0 Å². The van der Waals surface area contributed by atoms with E-state index in [0.717, 1.165) is 0 Å². The smallest absolute Gasteiger partial charge is 0.261 e. The van der Waals surface area contributed by atoms with Crippen LogP contribution in [0.3, 0.4) is 0 Å². The van der Waals surface area contributed by atoms with Crippen molar-refractivity contribution in [3.63, 3.8) is 0 Å². The van der Waals surface area contributed by atoms with Gasteiger partial charge in [0.2, 0.25) is 5.91 Å². The van der Waals surface area contributed by atoms with Gasteiger partial charge in [-0.15, -0.1) is 11.3 Å². The number of rotatable bonds is 5. The van der Waals surface area contributed by atoms with Crippen LogP contribution in [0.1, 0.15) is 23.5 Å². The van der Waals surface area contributed by atoms with Gasteiger partial charge in [-0.3, -0.25) is 9.59 Å².